The van der Waals surface area contributed by atoms with Crippen molar-refractivity contribution in [3.8, 4) is 0 Å². The third kappa shape index (κ3) is 5.95. The van der Waals surface area contributed by atoms with E-state index in [-0.39, 0.29) is 12.2 Å². The van der Waals surface area contributed by atoms with Gasteiger partial charge in [-0.15, -0.1) is 6.58 Å². The van der Waals surface area contributed by atoms with Crippen molar-refractivity contribution in [1.29, 1.82) is 0 Å². The maximum absolute atomic E-state index is 12.2. The molecule has 0 N–H and O–H groups in total. The predicted molar refractivity (Wildman–Crippen MR) is 84.6 cm³/mol. The molecule has 0 aliphatic carbocycles. The van der Waals surface area contributed by atoms with Crippen LogP contribution in [-0.2, 0) is 11.3 Å². The molecule has 1 aromatic carbocycles. The average molecular weight is 306 g/mol. The van der Waals surface area contributed by atoms with Gasteiger partial charge in [-0.25, -0.2) is 4.79 Å². The Balaban J connectivity index is 2.88. The van der Waals surface area contributed by atoms with E-state index >= 15 is 0 Å². The standard InChI is InChI=1S/C16H22N2O4/c1-5-6-10-17(15(19)22-16(2,3)4)12-13-8-7-9-14(11-13)18(20)21/h5,7-9,11H,1,6,10,12H2,2-4H3. The van der Waals surface area contributed by atoms with Gasteiger partial charge in [-0.05, 0) is 32.8 Å². The van der Waals surface area contributed by atoms with E-state index in [1.165, 1.54) is 17.0 Å². The molecule has 0 aliphatic rings. The van der Waals surface area contributed by atoms with Crippen molar-refractivity contribution in [3.63, 3.8) is 0 Å². The number of amides is 1. The van der Waals surface area contributed by atoms with Gasteiger partial charge in [0.15, 0.2) is 0 Å². The fourth-order valence-corrected chi connectivity index (χ4v) is 1.80. The first-order valence-electron chi connectivity index (χ1n) is 7.05. The van der Waals surface area contributed by atoms with E-state index < -0.39 is 16.6 Å². The highest BCUT2D eigenvalue weighted by molar-refractivity contribution is 5.68. The number of non-ortho nitro benzene ring substituents is 1. The van der Waals surface area contributed by atoms with E-state index in [0.717, 1.165) is 0 Å². The quantitative estimate of drug-likeness (QED) is 0.454. The molecule has 120 valence electrons. The Morgan fingerprint density at radius 2 is 2.14 bits per heavy atom. The Morgan fingerprint density at radius 3 is 2.68 bits per heavy atom. The molecule has 1 rings (SSSR count). The lowest BCUT2D eigenvalue weighted by Crippen LogP contribution is -2.37. The highest BCUT2D eigenvalue weighted by Gasteiger charge is 2.22. The van der Waals surface area contributed by atoms with Crippen molar-refractivity contribution in [1.82, 2.24) is 4.90 Å². The summed E-state index contributed by atoms with van der Waals surface area (Å²) < 4.78 is 5.37. The largest absolute Gasteiger partial charge is 0.444 e. The van der Waals surface area contributed by atoms with Crippen LogP contribution in [0.1, 0.15) is 32.8 Å². The normalized spacial score (nSPS) is 10.9. The molecule has 0 aromatic heterocycles. The van der Waals surface area contributed by atoms with Crippen LogP contribution in [-0.4, -0.2) is 28.1 Å². The van der Waals surface area contributed by atoms with Gasteiger partial charge in [0, 0.05) is 25.2 Å². The minimum atomic E-state index is -0.591. The fraction of sp³-hybridized carbons (Fsp3) is 0.438. The molecule has 0 aliphatic heterocycles. The molecule has 6 heteroatoms. The van der Waals surface area contributed by atoms with Crippen LogP contribution in [0.2, 0.25) is 0 Å². The van der Waals surface area contributed by atoms with Crippen LogP contribution in [0.5, 0.6) is 0 Å². The van der Waals surface area contributed by atoms with Crippen LogP contribution in [0.4, 0.5) is 10.5 Å². The van der Waals surface area contributed by atoms with E-state index in [1.807, 2.05) is 0 Å². The van der Waals surface area contributed by atoms with Crippen molar-refractivity contribution in [2.75, 3.05) is 6.54 Å². The third-order valence-electron chi connectivity index (χ3n) is 2.75. The molecule has 0 saturated carbocycles. The van der Waals surface area contributed by atoms with Gasteiger partial charge in [0.2, 0.25) is 0 Å². The minimum Gasteiger partial charge on any atom is -0.444 e. The van der Waals surface area contributed by atoms with Gasteiger partial charge in [-0.3, -0.25) is 10.1 Å². The molecular weight excluding hydrogens is 284 g/mol. The number of carbonyl (C=O) groups excluding carboxylic acids is 1. The van der Waals surface area contributed by atoms with E-state index in [4.69, 9.17) is 4.74 Å². The number of carbonyl (C=O) groups is 1. The first kappa shape index (κ1) is 17.7. The van der Waals surface area contributed by atoms with Gasteiger partial charge >= 0.3 is 6.09 Å². The van der Waals surface area contributed by atoms with Gasteiger partial charge in [-0.1, -0.05) is 18.2 Å². The second-order valence-corrected chi connectivity index (χ2v) is 5.91. The number of benzene rings is 1. The summed E-state index contributed by atoms with van der Waals surface area (Å²) >= 11 is 0. The zero-order chi connectivity index (χ0) is 16.8. The molecule has 0 spiro atoms. The third-order valence-corrected chi connectivity index (χ3v) is 2.75. The summed E-state index contributed by atoms with van der Waals surface area (Å²) in [4.78, 5) is 24.1. The van der Waals surface area contributed by atoms with E-state index in [9.17, 15) is 14.9 Å². The number of nitro benzene ring substituents is 1. The van der Waals surface area contributed by atoms with Gasteiger partial charge in [0.25, 0.3) is 5.69 Å². The molecule has 0 bridgehead atoms. The van der Waals surface area contributed by atoms with Crippen LogP contribution in [0.3, 0.4) is 0 Å². The number of hydrogen-bond acceptors (Lipinski definition) is 4. The second-order valence-electron chi connectivity index (χ2n) is 5.91. The molecule has 0 radical (unpaired) electrons. The van der Waals surface area contributed by atoms with Gasteiger partial charge in [0.1, 0.15) is 5.60 Å². The topological polar surface area (TPSA) is 72.7 Å². The van der Waals surface area contributed by atoms with E-state index in [0.29, 0.717) is 18.5 Å². The van der Waals surface area contributed by atoms with Crippen molar-refractivity contribution >= 4 is 11.8 Å². The highest BCUT2D eigenvalue weighted by Crippen LogP contribution is 2.17. The Kier molecular flexibility index (Phi) is 6.10. The lowest BCUT2D eigenvalue weighted by molar-refractivity contribution is -0.384. The van der Waals surface area contributed by atoms with Gasteiger partial charge in [0.05, 0.1) is 4.92 Å². The molecule has 6 nitrogen and oxygen atoms in total. The summed E-state index contributed by atoms with van der Waals surface area (Å²) in [6, 6.07) is 6.24. The van der Waals surface area contributed by atoms with Crippen molar-refractivity contribution in [2.45, 2.75) is 39.3 Å². The van der Waals surface area contributed by atoms with Crippen LogP contribution in [0, 0.1) is 10.1 Å². The monoisotopic (exact) mass is 306 g/mol. The zero-order valence-electron chi connectivity index (χ0n) is 13.2. The van der Waals surface area contributed by atoms with Crippen molar-refractivity contribution in [3.05, 3.63) is 52.6 Å². The summed E-state index contributed by atoms with van der Waals surface area (Å²) in [5.41, 5.74) is 0.0983. The molecule has 1 aromatic rings. The molecule has 0 atom stereocenters. The number of nitro groups is 1. The van der Waals surface area contributed by atoms with Crippen molar-refractivity contribution in [2.24, 2.45) is 0 Å². The maximum Gasteiger partial charge on any atom is 0.410 e. The van der Waals surface area contributed by atoms with Crippen LogP contribution < -0.4 is 0 Å². The Labute approximate surface area is 130 Å². The van der Waals surface area contributed by atoms with E-state index in [2.05, 4.69) is 6.58 Å². The Bertz CT molecular complexity index is 549. The first-order valence-corrected chi connectivity index (χ1v) is 7.05. The summed E-state index contributed by atoms with van der Waals surface area (Å²) in [7, 11) is 0. The number of nitrogens with zero attached hydrogens (tertiary/aromatic N) is 2. The predicted octanol–water partition coefficient (Wildman–Crippen LogP) is 3.91. The summed E-state index contributed by atoms with van der Waals surface area (Å²) in [5.74, 6) is 0. The molecule has 0 fully saturated rings. The second kappa shape index (κ2) is 7.59. The van der Waals surface area contributed by atoms with Crippen LogP contribution >= 0.6 is 0 Å². The number of hydrogen-bond donors (Lipinski definition) is 0. The number of ether oxygens (including phenoxy) is 1. The molecular formula is C16H22N2O4. The van der Waals surface area contributed by atoms with Gasteiger partial charge in [-0.2, -0.15) is 0 Å². The lowest BCUT2D eigenvalue weighted by Gasteiger charge is -2.27. The van der Waals surface area contributed by atoms with Gasteiger partial charge < -0.3 is 9.64 Å². The molecule has 22 heavy (non-hydrogen) atoms. The summed E-state index contributed by atoms with van der Waals surface area (Å²) in [6.45, 7) is 9.73. The highest BCUT2D eigenvalue weighted by atomic mass is 16.6. The van der Waals surface area contributed by atoms with Crippen LogP contribution in [0.15, 0.2) is 36.9 Å². The SMILES string of the molecule is C=CCCN(Cc1cccc([N+](=O)[O-])c1)C(=O)OC(C)(C)C. The Hall–Kier alpha value is -2.37. The molecule has 0 heterocycles. The smallest absolute Gasteiger partial charge is 0.410 e. The molecule has 0 saturated heterocycles. The average Bonchev–Trinajstić information content (AvgIpc) is 2.41. The zero-order valence-corrected chi connectivity index (χ0v) is 13.2. The molecule has 1 amide bonds. The minimum absolute atomic E-state index is 0.00496. The van der Waals surface area contributed by atoms with Crippen LogP contribution in [0.25, 0.3) is 0 Å². The van der Waals surface area contributed by atoms with E-state index in [1.54, 1.807) is 39.0 Å². The fourth-order valence-electron chi connectivity index (χ4n) is 1.80. The maximum atomic E-state index is 12.2. The Morgan fingerprint density at radius 1 is 1.45 bits per heavy atom. The first-order chi connectivity index (χ1) is 10.2. The molecule has 0 unspecified atom stereocenters. The van der Waals surface area contributed by atoms with Crippen molar-refractivity contribution < 1.29 is 14.5 Å². The lowest BCUT2D eigenvalue weighted by atomic mass is 10.2. The number of rotatable bonds is 6. The summed E-state index contributed by atoms with van der Waals surface area (Å²) in [5, 5.41) is 10.8. The summed E-state index contributed by atoms with van der Waals surface area (Å²) in [6.07, 6.45) is 1.89.